The van der Waals surface area contributed by atoms with Crippen LogP contribution < -0.4 is 5.32 Å². The molecule has 0 fully saturated rings. The van der Waals surface area contributed by atoms with Gasteiger partial charge in [-0.05, 0) is 31.2 Å². The van der Waals surface area contributed by atoms with E-state index in [1.165, 1.54) is 19.2 Å². The van der Waals surface area contributed by atoms with Crippen molar-refractivity contribution < 1.29 is 13.2 Å². The van der Waals surface area contributed by atoms with E-state index >= 15 is 0 Å². The molecule has 5 nitrogen and oxygen atoms in total. The third-order valence-corrected chi connectivity index (χ3v) is 5.39. The van der Waals surface area contributed by atoms with Gasteiger partial charge in [0.25, 0.3) is 0 Å². The Morgan fingerprint density at radius 1 is 1.13 bits per heavy atom. The fourth-order valence-electron chi connectivity index (χ4n) is 1.93. The molecule has 1 amide bonds. The van der Waals surface area contributed by atoms with Crippen molar-refractivity contribution >= 4 is 33.2 Å². The van der Waals surface area contributed by atoms with Crippen LogP contribution >= 0.6 is 11.6 Å². The molecule has 1 N–H and O–H groups in total. The third-order valence-electron chi connectivity index (χ3n) is 3.24. The van der Waals surface area contributed by atoms with Gasteiger partial charge in [0.2, 0.25) is 15.9 Å². The Hall–Kier alpha value is -1.89. The second kappa shape index (κ2) is 7.12. The number of benzene rings is 2. The van der Waals surface area contributed by atoms with Crippen LogP contribution in [0.15, 0.2) is 53.4 Å². The van der Waals surface area contributed by atoms with Crippen molar-refractivity contribution in [2.24, 2.45) is 0 Å². The molecule has 2 rings (SSSR count). The zero-order chi connectivity index (χ0) is 17.0. The van der Waals surface area contributed by atoms with Crippen molar-refractivity contribution in [1.82, 2.24) is 4.31 Å². The number of halogens is 1. The lowest BCUT2D eigenvalue weighted by molar-refractivity contribution is -0.116. The highest BCUT2D eigenvalue weighted by atomic mass is 35.5. The molecule has 2 aromatic rings. The van der Waals surface area contributed by atoms with E-state index in [-0.39, 0.29) is 11.4 Å². The lowest BCUT2D eigenvalue weighted by Crippen LogP contribution is -2.35. The monoisotopic (exact) mass is 352 g/mol. The van der Waals surface area contributed by atoms with E-state index in [2.05, 4.69) is 5.32 Å². The standard InChI is InChI=1S/C16H17ClN2O3S/c1-12-7-9-13(10-8-12)23(21,22)19(2)11-16(20)18-15-6-4-3-5-14(15)17/h3-10H,11H2,1-2H3,(H,18,20). The summed E-state index contributed by atoms with van der Waals surface area (Å²) < 4.78 is 25.8. The van der Waals surface area contributed by atoms with Crippen LogP contribution in [0.3, 0.4) is 0 Å². The first kappa shape index (κ1) is 17.5. The van der Waals surface area contributed by atoms with Crippen LogP contribution in [0.4, 0.5) is 5.69 Å². The Morgan fingerprint density at radius 3 is 2.35 bits per heavy atom. The second-order valence-electron chi connectivity index (χ2n) is 5.10. The van der Waals surface area contributed by atoms with Gasteiger partial charge in [-0.15, -0.1) is 0 Å². The summed E-state index contributed by atoms with van der Waals surface area (Å²) in [6, 6.07) is 13.2. The highest BCUT2D eigenvalue weighted by Gasteiger charge is 2.23. The summed E-state index contributed by atoms with van der Waals surface area (Å²) in [5, 5.41) is 2.99. The van der Waals surface area contributed by atoms with Crippen molar-refractivity contribution in [1.29, 1.82) is 0 Å². The zero-order valence-electron chi connectivity index (χ0n) is 12.8. The maximum Gasteiger partial charge on any atom is 0.243 e. The number of hydrogen-bond acceptors (Lipinski definition) is 3. The first-order valence-corrected chi connectivity index (χ1v) is 8.70. The Kier molecular flexibility index (Phi) is 5.41. The van der Waals surface area contributed by atoms with E-state index in [1.807, 2.05) is 6.92 Å². The summed E-state index contributed by atoms with van der Waals surface area (Å²) in [4.78, 5) is 12.2. The van der Waals surface area contributed by atoms with Gasteiger partial charge in [-0.2, -0.15) is 4.31 Å². The van der Waals surface area contributed by atoms with E-state index in [0.717, 1.165) is 9.87 Å². The number of rotatable bonds is 5. The number of carbonyl (C=O) groups is 1. The SMILES string of the molecule is Cc1ccc(S(=O)(=O)N(C)CC(=O)Nc2ccccc2Cl)cc1. The van der Waals surface area contributed by atoms with Crippen LogP contribution in [0.2, 0.25) is 5.02 Å². The smallest absolute Gasteiger partial charge is 0.243 e. The van der Waals surface area contributed by atoms with Gasteiger partial charge in [0.1, 0.15) is 0 Å². The number of para-hydroxylation sites is 1. The Bertz CT molecular complexity index is 804. The van der Waals surface area contributed by atoms with Crippen molar-refractivity contribution in [3.05, 3.63) is 59.1 Å². The topological polar surface area (TPSA) is 66.5 Å². The van der Waals surface area contributed by atoms with Crippen molar-refractivity contribution in [3.8, 4) is 0 Å². The molecule has 122 valence electrons. The van der Waals surface area contributed by atoms with E-state index in [0.29, 0.717) is 10.7 Å². The minimum atomic E-state index is -3.71. The number of nitrogens with zero attached hydrogens (tertiary/aromatic N) is 1. The van der Waals surface area contributed by atoms with Gasteiger partial charge in [-0.1, -0.05) is 41.4 Å². The highest BCUT2D eigenvalue weighted by Crippen LogP contribution is 2.20. The fourth-order valence-corrected chi connectivity index (χ4v) is 3.24. The first-order chi connectivity index (χ1) is 10.8. The van der Waals surface area contributed by atoms with Gasteiger partial charge in [-0.25, -0.2) is 8.42 Å². The molecule has 0 atom stereocenters. The van der Waals surface area contributed by atoms with Crippen molar-refractivity contribution in [3.63, 3.8) is 0 Å². The molecule has 0 bridgehead atoms. The van der Waals surface area contributed by atoms with Crippen molar-refractivity contribution in [2.75, 3.05) is 18.9 Å². The van der Waals surface area contributed by atoms with Gasteiger partial charge in [0, 0.05) is 7.05 Å². The largest absolute Gasteiger partial charge is 0.324 e. The zero-order valence-corrected chi connectivity index (χ0v) is 14.4. The number of likely N-dealkylation sites (N-methyl/N-ethyl adjacent to an activating group) is 1. The molecule has 0 spiro atoms. The molecule has 0 heterocycles. The summed E-state index contributed by atoms with van der Waals surface area (Å²) in [5.74, 6) is -0.462. The summed E-state index contributed by atoms with van der Waals surface area (Å²) >= 11 is 5.96. The second-order valence-corrected chi connectivity index (χ2v) is 7.55. The lowest BCUT2D eigenvalue weighted by Gasteiger charge is -2.17. The van der Waals surface area contributed by atoms with Crippen LogP contribution in [0.5, 0.6) is 0 Å². The Morgan fingerprint density at radius 2 is 1.74 bits per heavy atom. The number of anilines is 1. The molecule has 0 aliphatic rings. The summed E-state index contributed by atoms with van der Waals surface area (Å²) in [7, 11) is -2.35. The average Bonchev–Trinajstić information content (AvgIpc) is 2.50. The Balaban J connectivity index is 2.08. The molecule has 2 aromatic carbocycles. The van der Waals surface area contributed by atoms with Crippen LogP contribution in [0.25, 0.3) is 0 Å². The number of nitrogens with one attached hydrogen (secondary N) is 1. The van der Waals surface area contributed by atoms with Crippen molar-refractivity contribution in [2.45, 2.75) is 11.8 Å². The molecule has 0 saturated heterocycles. The quantitative estimate of drug-likeness (QED) is 0.899. The Labute approximate surface area is 140 Å². The van der Waals surface area contributed by atoms with Gasteiger partial charge in [0.15, 0.2) is 0 Å². The first-order valence-electron chi connectivity index (χ1n) is 6.88. The predicted molar refractivity (Wildman–Crippen MR) is 91.1 cm³/mol. The molecule has 0 radical (unpaired) electrons. The van der Waals surface area contributed by atoms with Gasteiger partial charge in [-0.3, -0.25) is 4.79 Å². The van der Waals surface area contributed by atoms with Crippen LogP contribution in [-0.4, -0.2) is 32.2 Å². The molecule has 0 aromatic heterocycles. The molecule has 0 saturated carbocycles. The lowest BCUT2D eigenvalue weighted by atomic mass is 10.2. The maximum atomic E-state index is 12.4. The summed E-state index contributed by atoms with van der Waals surface area (Å²) in [6.07, 6.45) is 0. The number of carbonyl (C=O) groups excluding carboxylic acids is 1. The number of hydrogen-bond donors (Lipinski definition) is 1. The van der Waals surface area contributed by atoms with Crippen LogP contribution in [-0.2, 0) is 14.8 Å². The van der Waals surface area contributed by atoms with Gasteiger partial charge in [0.05, 0.1) is 22.2 Å². The van der Waals surface area contributed by atoms with Crippen LogP contribution in [0, 0.1) is 6.92 Å². The minimum Gasteiger partial charge on any atom is -0.324 e. The molecule has 0 unspecified atom stereocenters. The number of amides is 1. The van der Waals surface area contributed by atoms with Gasteiger partial charge < -0.3 is 5.32 Å². The molecule has 7 heteroatoms. The number of sulfonamides is 1. The average molecular weight is 353 g/mol. The van der Waals surface area contributed by atoms with E-state index < -0.39 is 15.9 Å². The normalized spacial score (nSPS) is 11.5. The summed E-state index contributed by atoms with van der Waals surface area (Å²) in [6.45, 7) is 1.57. The molecular formula is C16H17ClN2O3S. The molecule has 0 aliphatic heterocycles. The number of aryl methyl sites for hydroxylation is 1. The highest BCUT2D eigenvalue weighted by molar-refractivity contribution is 7.89. The molecule has 0 aliphatic carbocycles. The maximum absolute atomic E-state index is 12.4. The minimum absolute atomic E-state index is 0.149. The van der Waals surface area contributed by atoms with E-state index in [1.54, 1.807) is 36.4 Å². The van der Waals surface area contributed by atoms with E-state index in [4.69, 9.17) is 11.6 Å². The van der Waals surface area contributed by atoms with Crippen LogP contribution in [0.1, 0.15) is 5.56 Å². The summed E-state index contributed by atoms with van der Waals surface area (Å²) in [5.41, 5.74) is 1.41. The molecule has 23 heavy (non-hydrogen) atoms. The van der Waals surface area contributed by atoms with Gasteiger partial charge >= 0.3 is 0 Å². The molecular weight excluding hydrogens is 336 g/mol. The third kappa shape index (κ3) is 4.31. The predicted octanol–water partition coefficient (Wildman–Crippen LogP) is 2.91. The fraction of sp³-hybridized carbons (Fsp3) is 0.188. The van der Waals surface area contributed by atoms with E-state index in [9.17, 15) is 13.2 Å².